The van der Waals surface area contributed by atoms with Crippen LogP contribution in [-0.4, -0.2) is 29.5 Å². The number of ether oxygens (including phenoxy) is 1. The van der Waals surface area contributed by atoms with Crippen LogP contribution >= 0.6 is 0 Å². The molecule has 120 valence electrons. The molecular formula is C16H17FN4O2. The lowest BCUT2D eigenvalue weighted by molar-refractivity contribution is -0.117. The lowest BCUT2D eigenvalue weighted by Gasteiger charge is -2.14. The number of amides is 1. The Kier molecular flexibility index (Phi) is 4.36. The zero-order chi connectivity index (χ0) is 16.2. The number of halogens is 1. The zero-order valence-electron chi connectivity index (χ0n) is 12.8. The molecule has 2 heterocycles. The first-order valence-corrected chi connectivity index (χ1v) is 7.36. The second kappa shape index (κ2) is 6.60. The van der Waals surface area contributed by atoms with Gasteiger partial charge in [0.25, 0.3) is 0 Å². The molecule has 1 fully saturated rings. The first-order valence-electron chi connectivity index (χ1n) is 7.36. The predicted octanol–water partition coefficient (Wildman–Crippen LogP) is 2.36. The first kappa shape index (κ1) is 15.2. The number of aromatic nitrogens is 2. The minimum absolute atomic E-state index is 0.0736. The Balaban J connectivity index is 1.67. The molecule has 1 aliphatic rings. The fourth-order valence-corrected chi connectivity index (χ4v) is 2.51. The molecule has 2 aromatic rings. The molecule has 1 aliphatic heterocycles. The standard InChI is InChI=1S/C16H17FN4O2/c1-23-13-5-4-12(17)7-11(13)8-18-14-9-20-15(10-19-14)21-6-2-3-16(21)22/h4-5,7,9-10H,2-3,6,8H2,1H3,(H,18,19). The lowest BCUT2D eigenvalue weighted by atomic mass is 10.2. The van der Waals surface area contributed by atoms with Crippen molar-refractivity contribution in [3.63, 3.8) is 0 Å². The van der Waals surface area contributed by atoms with E-state index in [1.807, 2.05) is 0 Å². The molecule has 1 N–H and O–H groups in total. The lowest BCUT2D eigenvalue weighted by Crippen LogP contribution is -2.24. The van der Waals surface area contributed by atoms with Crippen molar-refractivity contribution in [2.45, 2.75) is 19.4 Å². The maximum absolute atomic E-state index is 13.3. The highest BCUT2D eigenvalue weighted by Gasteiger charge is 2.22. The van der Waals surface area contributed by atoms with Crippen molar-refractivity contribution in [1.29, 1.82) is 0 Å². The van der Waals surface area contributed by atoms with Crippen LogP contribution in [0.5, 0.6) is 5.75 Å². The largest absolute Gasteiger partial charge is 0.496 e. The Bertz CT molecular complexity index is 706. The van der Waals surface area contributed by atoms with E-state index in [9.17, 15) is 9.18 Å². The van der Waals surface area contributed by atoms with Gasteiger partial charge in [0.2, 0.25) is 5.91 Å². The maximum Gasteiger partial charge on any atom is 0.228 e. The van der Waals surface area contributed by atoms with Gasteiger partial charge in [0.15, 0.2) is 5.82 Å². The van der Waals surface area contributed by atoms with Crippen molar-refractivity contribution in [1.82, 2.24) is 9.97 Å². The third-order valence-corrected chi connectivity index (χ3v) is 3.69. The fraction of sp³-hybridized carbons (Fsp3) is 0.312. The Hall–Kier alpha value is -2.70. The molecule has 0 spiro atoms. The van der Waals surface area contributed by atoms with E-state index in [1.54, 1.807) is 30.5 Å². The number of nitrogens with one attached hydrogen (secondary N) is 1. The molecule has 1 saturated heterocycles. The zero-order valence-corrected chi connectivity index (χ0v) is 12.8. The highest BCUT2D eigenvalue weighted by molar-refractivity contribution is 5.94. The summed E-state index contributed by atoms with van der Waals surface area (Å²) in [5.41, 5.74) is 0.688. The summed E-state index contributed by atoms with van der Waals surface area (Å²) in [6, 6.07) is 4.35. The van der Waals surface area contributed by atoms with Crippen LogP contribution < -0.4 is 15.0 Å². The van der Waals surface area contributed by atoms with Gasteiger partial charge in [-0.05, 0) is 24.6 Å². The Morgan fingerprint density at radius 3 is 2.87 bits per heavy atom. The van der Waals surface area contributed by atoms with Gasteiger partial charge in [-0.25, -0.2) is 14.4 Å². The van der Waals surface area contributed by atoms with Crippen LogP contribution in [0.15, 0.2) is 30.6 Å². The third kappa shape index (κ3) is 3.39. The van der Waals surface area contributed by atoms with Crippen LogP contribution in [0.2, 0.25) is 0 Å². The molecule has 0 aliphatic carbocycles. The second-order valence-electron chi connectivity index (χ2n) is 5.22. The van der Waals surface area contributed by atoms with Crippen molar-refractivity contribution >= 4 is 17.5 Å². The molecule has 1 amide bonds. The Labute approximate surface area is 133 Å². The van der Waals surface area contributed by atoms with Crippen LogP contribution in [0.3, 0.4) is 0 Å². The number of anilines is 2. The van der Waals surface area contributed by atoms with E-state index in [4.69, 9.17) is 4.74 Å². The van der Waals surface area contributed by atoms with E-state index in [1.165, 1.54) is 12.1 Å². The molecule has 0 bridgehead atoms. The molecule has 0 saturated carbocycles. The highest BCUT2D eigenvalue weighted by atomic mass is 19.1. The number of carbonyl (C=O) groups is 1. The quantitative estimate of drug-likeness (QED) is 0.917. The summed E-state index contributed by atoms with van der Waals surface area (Å²) in [6.45, 7) is 1.04. The minimum atomic E-state index is -0.323. The van der Waals surface area contributed by atoms with Gasteiger partial charge in [0.05, 0.1) is 19.5 Å². The number of benzene rings is 1. The van der Waals surface area contributed by atoms with E-state index >= 15 is 0 Å². The Morgan fingerprint density at radius 2 is 2.22 bits per heavy atom. The number of carbonyl (C=O) groups excluding carboxylic acids is 1. The van der Waals surface area contributed by atoms with Gasteiger partial charge >= 0.3 is 0 Å². The van der Waals surface area contributed by atoms with Gasteiger partial charge in [-0.15, -0.1) is 0 Å². The summed E-state index contributed by atoms with van der Waals surface area (Å²) >= 11 is 0. The highest BCUT2D eigenvalue weighted by Crippen LogP contribution is 2.21. The molecule has 0 radical (unpaired) electrons. The normalized spacial score (nSPS) is 14.2. The number of nitrogens with zero attached hydrogens (tertiary/aromatic N) is 3. The topological polar surface area (TPSA) is 67.3 Å². The summed E-state index contributed by atoms with van der Waals surface area (Å²) < 4.78 is 18.5. The predicted molar refractivity (Wildman–Crippen MR) is 83.9 cm³/mol. The molecule has 7 heteroatoms. The molecule has 3 rings (SSSR count). The SMILES string of the molecule is COc1ccc(F)cc1CNc1cnc(N2CCCC2=O)cn1. The van der Waals surface area contributed by atoms with E-state index in [-0.39, 0.29) is 11.7 Å². The molecule has 1 aromatic heterocycles. The van der Waals surface area contributed by atoms with Crippen molar-refractivity contribution in [3.8, 4) is 5.75 Å². The molecule has 0 atom stereocenters. The molecule has 6 nitrogen and oxygen atoms in total. The van der Waals surface area contributed by atoms with Crippen molar-refractivity contribution in [2.24, 2.45) is 0 Å². The summed E-state index contributed by atoms with van der Waals surface area (Å²) in [7, 11) is 1.54. The first-order chi connectivity index (χ1) is 11.2. The summed E-state index contributed by atoms with van der Waals surface area (Å²) in [5, 5.41) is 3.07. The van der Waals surface area contributed by atoms with Crippen LogP contribution in [-0.2, 0) is 11.3 Å². The minimum Gasteiger partial charge on any atom is -0.496 e. The molecule has 1 aromatic carbocycles. The van der Waals surface area contributed by atoms with Gasteiger partial charge < -0.3 is 10.1 Å². The van der Waals surface area contributed by atoms with Gasteiger partial charge in [-0.1, -0.05) is 0 Å². The van der Waals surface area contributed by atoms with Gasteiger partial charge in [0.1, 0.15) is 17.4 Å². The van der Waals surface area contributed by atoms with Gasteiger partial charge in [-0.2, -0.15) is 0 Å². The molecule has 23 heavy (non-hydrogen) atoms. The van der Waals surface area contributed by atoms with Crippen LogP contribution in [0.4, 0.5) is 16.0 Å². The molecular weight excluding hydrogens is 299 g/mol. The summed E-state index contributed by atoms with van der Waals surface area (Å²) in [5.74, 6) is 1.46. The van der Waals surface area contributed by atoms with Gasteiger partial charge in [-0.3, -0.25) is 9.69 Å². The van der Waals surface area contributed by atoms with Crippen molar-refractivity contribution in [2.75, 3.05) is 23.9 Å². The number of rotatable bonds is 5. The third-order valence-electron chi connectivity index (χ3n) is 3.69. The average molecular weight is 316 g/mol. The van der Waals surface area contributed by atoms with E-state index in [0.717, 1.165) is 6.42 Å². The number of hydrogen-bond acceptors (Lipinski definition) is 5. The average Bonchev–Trinajstić information content (AvgIpc) is 2.99. The maximum atomic E-state index is 13.3. The van der Waals surface area contributed by atoms with Crippen LogP contribution in [0.1, 0.15) is 18.4 Å². The smallest absolute Gasteiger partial charge is 0.228 e. The van der Waals surface area contributed by atoms with E-state index in [0.29, 0.717) is 42.5 Å². The fourth-order valence-electron chi connectivity index (χ4n) is 2.51. The van der Waals surface area contributed by atoms with Crippen molar-refractivity contribution < 1.29 is 13.9 Å². The van der Waals surface area contributed by atoms with E-state index < -0.39 is 0 Å². The second-order valence-corrected chi connectivity index (χ2v) is 5.22. The van der Waals surface area contributed by atoms with Crippen molar-refractivity contribution in [3.05, 3.63) is 42.0 Å². The van der Waals surface area contributed by atoms with Crippen LogP contribution in [0, 0.1) is 5.82 Å². The number of methoxy groups -OCH3 is 1. The van der Waals surface area contributed by atoms with E-state index in [2.05, 4.69) is 15.3 Å². The monoisotopic (exact) mass is 316 g/mol. The summed E-state index contributed by atoms with van der Waals surface area (Å²) in [4.78, 5) is 21.8. The van der Waals surface area contributed by atoms with Crippen LogP contribution in [0.25, 0.3) is 0 Å². The van der Waals surface area contributed by atoms with Gasteiger partial charge in [0, 0.05) is 25.1 Å². The number of hydrogen-bond donors (Lipinski definition) is 1. The summed E-state index contributed by atoms with van der Waals surface area (Å²) in [6.07, 6.45) is 4.53. The Morgan fingerprint density at radius 1 is 1.35 bits per heavy atom. The molecule has 0 unspecified atom stereocenters.